The van der Waals surface area contributed by atoms with Crippen LogP contribution >= 0.6 is 11.6 Å². The number of Topliss-reactive ketones (excluding diaryl/α,β-unsaturated/α-hetero) is 1. The molecule has 0 N–H and O–H groups in total. The van der Waals surface area contributed by atoms with Crippen molar-refractivity contribution < 1.29 is 4.79 Å². The number of aromatic nitrogens is 1. The largest absolute Gasteiger partial charge is 0.309 e. The molecule has 0 radical (unpaired) electrons. The molecule has 0 aromatic carbocycles. The second kappa shape index (κ2) is 5.08. The van der Waals surface area contributed by atoms with Gasteiger partial charge in [0, 0.05) is 24.2 Å². The minimum atomic E-state index is 0.0289. The summed E-state index contributed by atoms with van der Waals surface area (Å²) in [6, 6.07) is 3.25. The Kier molecular flexibility index (Phi) is 4.04. The molecule has 0 saturated heterocycles. The van der Waals surface area contributed by atoms with Gasteiger partial charge in [-0.2, -0.15) is 0 Å². The third-order valence-corrected chi connectivity index (χ3v) is 2.03. The Morgan fingerprint density at radius 3 is 2.86 bits per heavy atom. The predicted octanol–water partition coefficient (Wildman–Crippen LogP) is 1.87. The van der Waals surface area contributed by atoms with Crippen LogP contribution in [0.4, 0.5) is 0 Å². The van der Waals surface area contributed by atoms with Crippen LogP contribution in [0.3, 0.4) is 0 Å². The second-order valence-corrected chi connectivity index (χ2v) is 3.77. The third kappa shape index (κ3) is 3.44. The quantitative estimate of drug-likeness (QED) is 0.715. The Hall–Kier alpha value is -0.930. The van der Waals surface area contributed by atoms with E-state index in [0.29, 0.717) is 17.1 Å². The van der Waals surface area contributed by atoms with Gasteiger partial charge in [-0.05, 0) is 26.2 Å². The Bertz CT molecular complexity index is 326. The number of halogens is 1. The second-order valence-electron chi connectivity index (χ2n) is 3.34. The summed E-state index contributed by atoms with van der Waals surface area (Å²) in [6.07, 6.45) is 2.02. The lowest BCUT2D eigenvalue weighted by Gasteiger charge is -2.07. The van der Waals surface area contributed by atoms with E-state index in [-0.39, 0.29) is 5.78 Å². The summed E-state index contributed by atoms with van der Waals surface area (Å²) in [5, 5.41) is 0.549. The number of ketones is 1. The van der Waals surface area contributed by atoms with E-state index in [1.807, 2.05) is 19.0 Å². The summed E-state index contributed by atoms with van der Waals surface area (Å²) >= 11 is 5.75. The fourth-order valence-electron chi connectivity index (χ4n) is 1.01. The topological polar surface area (TPSA) is 33.2 Å². The van der Waals surface area contributed by atoms with Gasteiger partial charge in [-0.1, -0.05) is 11.6 Å². The molecule has 0 fully saturated rings. The van der Waals surface area contributed by atoms with Crippen LogP contribution in [0.2, 0.25) is 5.02 Å². The standard InChI is InChI=1S/C10H13ClN2O/c1-13(2)6-4-10(14)9-7-8(11)3-5-12-9/h3,5,7H,4,6H2,1-2H3. The zero-order chi connectivity index (χ0) is 10.6. The van der Waals surface area contributed by atoms with Crippen molar-refractivity contribution in [3.63, 3.8) is 0 Å². The summed E-state index contributed by atoms with van der Waals surface area (Å²) in [5.41, 5.74) is 0.444. The fraction of sp³-hybridized carbons (Fsp3) is 0.400. The normalized spacial score (nSPS) is 10.6. The molecule has 0 unspecified atom stereocenters. The number of carbonyl (C=O) groups is 1. The van der Waals surface area contributed by atoms with Crippen LogP contribution in [0, 0.1) is 0 Å². The van der Waals surface area contributed by atoms with Crippen LogP contribution in [0.15, 0.2) is 18.3 Å². The minimum absolute atomic E-state index is 0.0289. The highest BCUT2D eigenvalue weighted by atomic mass is 35.5. The zero-order valence-corrected chi connectivity index (χ0v) is 9.08. The molecule has 1 rings (SSSR count). The van der Waals surface area contributed by atoms with Crippen LogP contribution in [-0.4, -0.2) is 36.3 Å². The molecule has 0 aliphatic heterocycles. The summed E-state index contributed by atoms with van der Waals surface area (Å²) in [6.45, 7) is 0.729. The van der Waals surface area contributed by atoms with Gasteiger partial charge in [-0.25, -0.2) is 0 Å². The van der Waals surface area contributed by atoms with Crippen molar-refractivity contribution in [1.82, 2.24) is 9.88 Å². The first-order valence-electron chi connectivity index (χ1n) is 4.39. The number of rotatable bonds is 4. The van der Waals surface area contributed by atoms with Crippen molar-refractivity contribution in [1.29, 1.82) is 0 Å². The molecule has 0 saturated carbocycles. The molecule has 4 heteroatoms. The van der Waals surface area contributed by atoms with E-state index < -0.39 is 0 Å². The predicted molar refractivity (Wildman–Crippen MR) is 56.7 cm³/mol. The molecule has 76 valence electrons. The first-order chi connectivity index (χ1) is 6.59. The van der Waals surface area contributed by atoms with Crippen molar-refractivity contribution in [3.8, 4) is 0 Å². The third-order valence-electron chi connectivity index (χ3n) is 1.79. The molecule has 14 heavy (non-hydrogen) atoms. The SMILES string of the molecule is CN(C)CCC(=O)c1cc(Cl)ccn1. The summed E-state index contributed by atoms with van der Waals surface area (Å²) in [4.78, 5) is 17.5. The Balaban J connectivity index is 2.61. The molecule has 1 heterocycles. The molecule has 1 aromatic heterocycles. The maximum Gasteiger partial charge on any atom is 0.182 e. The van der Waals surface area contributed by atoms with Gasteiger partial charge in [0.1, 0.15) is 5.69 Å². The lowest BCUT2D eigenvalue weighted by Crippen LogP contribution is -2.17. The van der Waals surface area contributed by atoms with Crippen LogP contribution in [0.1, 0.15) is 16.9 Å². The maximum atomic E-state index is 11.6. The highest BCUT2D eigenvalue weighted by molar-refractivity contribution is 6.30. The molecule has 0 aliphatic rings. The van der Waals surface area contributed by atoms with Gasteiger partial charge >= 0.3 is 0 Å². The molecular formula is C10H13ClN2O. The first kappa shape index (κ1) is 11.1. The van der Waals surface area contributed by atoms with E-state index in [1.165, 1.54) is 0 Å². The minimum Gasteiger partial charge on any atom is -0.309 e. The van der Waals surface area contributed by atoms with Crippen LogP contribution in [0.25, 0.3) is 0 Å². The smallest absolute Gasteiger partial charge is 0.182 e. The van der Waals surface area contributed by atoms with Crippen molar-refractivity contribution in [2.45, 2.75) is 6.42 Å². The van der Waals surface area contributed by atoms with Crippen LogP contribution in [0.5, 0.6) is 0 Å². The summed E-state index contributed by atoms with van der Waals surface area (Å²) < 4.78 is 0. The van der Waals surface area contributed by atoms with Gasteiger partial charge in [0.05, 0.1) is 0 Å². The van der Waals surface area contributed by atoms with Gasteiger partial charge < -0.3 is 4.90 Å². The number of nitrogens with zero attached hydrogens (tertiary/aromatic N) is 2. The first-order valence-corrected chi connectivity index (χ1v) is 4.77. The number of carbonyl (C=O) groups excluding carboxylic acids is 1. The molecule has 1 aromatic rings. The number of pyridine rings is 1. The molecule has 0 aliphatic carbocycles. The average Bonchev–Trinajstić information content (AvgIpc) is 2.14. The molecular weight excluding hydrogens is 200 g/mol. The van der Waals surface area contributed by atoms with Gasteiger partial charge in [0.25, 0.3) is 0 Å². The fourth-order valence-corrected chi connectivity index (χ4v) is 1.17. The van der Waals surface area contributed by atoms with Crippen molar-refractivity contribution in [2.75, 3.05) is 20.6 Å². The zero-order valence-electron chi connectivity index (χ0n) is 8.33. The van der Waals surface area contributed by atoms with Gasteiger partial charge in [0.2, 0.25) is 0 Å². The van der Waals surface area contributed by atoms with E-state index >= 15 is 0 Å². The summed E-state index contributed by atoms with van der Waals surface area (Å²) in [5.74, 6) is 0.0289. The van der Waals surface area contributed by atoms with Crippen molar-refractivity contribution in [3.05, 3.63) is 29.0 Å². The number of hydrogen-bond acceptors (Lipinski definition) is 3. The molecule has 0 atom stereocenters. The number of hydrogen-bond donors (Lipinski definition) is 0. The summed E-state index contributed by atoms with van der Waals surface area (Å²) in [7, 11) is 3.86. The van der Waals surface area contributed by atoms with Gasteiger partial charge in [0.15, 0.2) is 5.78 Å². The van der Waals surface area contributed by atoms with E-state index in [1.54, 1.807) is 18.3 Å². The van der Waals surface area contributed by atoms with E-state index in [2.05, 4.69) is 4.98 Å². The van der Waals surface area contributed by atoms with E-state index in [9.17, 15) is 4.79 Å². The average molecular weight is 213 g/mol. The maximum absolute atomic E-state index is 11.6. The monoisotopic (exact) mass is 212 g/mol. The molecule has 3 nitrogen and oxygen atoms in total. The molecule has 0 bridgehead atoms. The van der Waals surface area contributed by atoms with E-state index in [4.69, 9.17) is 11.6 Å². The van der Waals surface area contributed by atoms with Gasteiger partial charge in [-0.15, -0.1) is 0 Å². The van der Waals surface area contributed by atoms with Crippen molar-refractivity contribution >= 4 is 17.4 Å². The lowest BCUT2D eigenvalue weighted by molar-refractivity contribution is 0.0968. The molecule has 0 spiro atoms. The Labute approximate surface area is 88.7 Å². The van der Waals surface area contributed by atoms with E-state index in [0.717, 1.165) is 6.54 Å². The van der Waals surface area contributed by atoms with Crippen LogP contribution < -0.4 is 0 Å². The van der Waals surface area contributed by atoms with Crippen LogP contribution in [-0.2, 0) is 0 Å². The highest BCUT2D eigenvalue weighted by Gasteiger charge is 2.07. The van der Waals surface area contributed by atoms with Gasteiger partial charge in [-0.3, -0.25) is 9.78 Å². The lowest BCUT2D eigenvalue weighted by atomic mass is 10.2. The molecule has 0 amide bonds. The Morgan fingerprint density at radius 1 is 1.57 bits per heavy atom. The highest BCUT2D eigenvalue weighted by Crippen LogP contribution is 2.09. The Morgan fingerprint density at radius 2 is 2.29 bits per heavy atom. The van der Waals surface area contributed by atoms with Crippen molar-refractivity contribution in [2.24, 2.45) is 0 Å².